The van der Waals surface area contributed by atoms with Gasteiger partial charge in [0.15, 0.2) is 0 Å². The second kappa shape index (κ2) is 13.1. The number of nitrogens with one attached hydrogen (secondary N) is 2. The van der Waals surface area contributed by atoms with Crippen molar-refractivity contribution in [2.24, 2.45) is 0 Å². The number of phenols is 1. The van der Waals surface area contributed by atoms with Gasteiger partial charge in [-0.3, -0.25) is 9.59 Å². The van der Waals surface area contributed by atoms with Crippen molar-refractivity contribution in [1.29, 1.82) is 0 Å². The Morgan fingerprint density at radius 3 is 1.97 bits per heavy atom. The molecule has 0 fully saturated rings. The van der Waals surface area contributed by atoms with Gasteiger partial charge in [-0.15, -0.1) is 0 Å². The highest BCUT2D eigenvalue weighted by Gasteiger charge is 2.35. The molecule has 2 aromatic carbocycles. The van der Waals surface area contributed by atoms with Crippen LogP contribution in [0.5, 0.6) is 5.75 Å². The maximum Gasteiger partial charge on any atom is 0.408 e. The number of carbonyl (C=O) groups is 3. The Morgan fingerprint density at radius 1 is 0.919 bits per heavy atom. The van der Waals surface area contributed by atoms with E-state index < -0.39 is 29.7 Å². The first-order valence-electron chi connectivity index (χ1n) is 12.8. The zero-order valence-corrected chi connectivity index (χ0v) is 23.0. The number of carbonyl (C=O) groups excluding carboxylic acids is 3. The highest BCUT2D eigenvalue weighted by atomic mass is 16.6. The molecule has 0 aromatic heterocycles. The molecular weight excluding hydrogens is 470 g/mol. The molecule has 0 aliphatic carbocycles. The van der Waals surface area contributed by atoms with Gasteiger partial charge in [0, 0.05) is 19.0 Å². The van der Waals surface area contributed by atoms with E-state index in [2.05, 4.69) is 17.6 Å². The lowest BCUT2D eigenvalue weighted by Gasteiger charge is -2.34. The van der Waals surface area contributed by atoms with Gasteiger partial charge in [0.05, 0.1) is 0 Å². The van der Waals surface area contributed by atoms with Gasteiger partial charge in [-0.2, -0.15) is 0 Å². The van der Waals surface area contributed by atoms with E-state index in [-0.39, 0.29) is 30.7 Å². The van der Waals surface area contributed by atoms with Crippen LogP contribution in [-0.2, 0) is 27.2 Å². The van der Waals surface area contributed by atoms with Crippen molar-refractivity contribution in [3.05, 3.63) is 65.2 Å². The summed E-state index contributed by atoms with van der Waals surface area (Å²) in [5.74, 6) is -0.608. The van der Waals surface area contributed by atoms with Crippen LogP contribution in [0.25, 0.3) is 0 Å². The Labute approximate surface area is 220 Å². The number of aryl methyl sites for hydroxylation is 1. The van der Waals surface area contributed by atoms with Crippen molar-refractivity contribution < 1.29 is 24.2 Å². The Balaban J connectivity index is 2.47. The van der Waals surface area contributed by atoms with Crippen LogP contribution in [0.4, 0.5) is 4.79 Å². The molecule has 37 heavy (non-hydrogen) atoms. The van der Waals surface area contributed by atoms with E-state index in [4.69, 9.17) is 4.74 Å². The maximum absolute atomic E-state index is 14.0. The Hall–Kier alpha value is -3.55. The van der Waals surface area contributed by atoms with Crippen molar-refractivity contribution in [2.45, 2.75) is 85.0 Å². The van der Waals surface area contributed by atoms with Crippen LogP contribution < -0.4 is 10.6 Å². The van der Waals surface area contributed by atoms with Crippen LogP contribution in [-0.4, -0.2) is 52.1 Å². The minimum Gasteiger partial charge on any atom is -0.508 e. The van der Waals surface area contributed by atoms with Crippen molar-refractivity contribution >= 4 is 17.9 Å². The van der Waals surface area contributed by atoms with E-state index in [1.54, 1.807) is 39.8 Å². The molecule has 8 heteroatoms. The molecule has 2 unspecified atom stereocenters. The molecule has 0 aliphatic heterocycles. The van der Waals surface area contributed by atoms with Gasteiger partial charge in [-0.25, -0.2) is 4.79 Å². The lowest BCUT2D eigenvalue weighted by molar-refractivity contribution is -0.142. The monoisotopic (exact) mass is 511 g/mol. The van der Waals surface area contributed by atoms with Crippen LogP contribution in [0.1, 0.15) is 71.2 Å². The van der Waals surface area contributed by atoms with Crippen molar-refractivity contribution in [3.63, 3.8) is 0 Å². The summed E-state index contributed by atoms with van der Waals surface area (Å²) in [7, 11) is 0. The summed E-state index contributed by atoms with van der Waals surface area (Å²) in [5.41, 5.74) is 1.80. The average molecular weight is 512 g/mol. The molecule has 2 atom stereocenters. The summed E-state index contributed by atoms with van der Waals surface area (Å²) >= 11 is 0. The molecule has 2 aromatic rings. The standard InChI is InChI=1S/C29H41N3O5/c1-8-20-10-14-22(15-11-20)25(26(34)30-19(3)4)32(9-2)27(35)24(31-28(36)37-29(5,6)7)18-21-12-16-23(33)17-13-21/h10-17,19,24-25,33H,8-9,18H2,1-7H3,(H,30,34)(H,31,36). The summed E-state index contributed by atoms with van der Waals surface area (Å²) < 4.78 is 5.42. The molecule has 3 amide bonds. The fourth-order valence-electron chi connectivity index (χ4n) is 3.96. The summed E-state index contributed by atoms with van der Waals surface area (Å²) in [5, 5.41) is 15.3. The van der Waals surface area contributed by atoms with E-state index in [9.17, 15) is 19.5 Å². The fraction of sp³-hybridized carbons (Fsp3) is 0.483. The van der Waals surface area contributed by atoms with Crippen molar-refractivity contribution in [2.75, 3.05) is 6.54 Å². The van der Waals surface area contributed by atoms with Gasteiger partial charge in [-0.05, 0) is 76.8 Å². The molecule has 0 spiro atoms. The van der Waals surface area contributed by atoms with Crippen molar-refractivity contribution in [3.8, 4) is 5.75 Å². The smallest absolute Gasteiger partial charge is 0.408 e. The number of benzene rings is 2. The number of nitrogens with zero attached hydrogens (tertiary/aromatic N) is 1. The van der Waals surface area contributed by atoms with Gasteiger partial charge >= 0.3 is 6.09 Å². The number of ether oxygens (including phenoxy) is 1. The van der Waals surface area contributed by atoms with Gasteiger partial charge < -0.3 is 25.4 Å². The van der Waals surface area contributed by atoms with Gasteiger partial charge in [0.1, 0.15) is 23.4 Å². The predicted octanol–water partition coefficient (Wildman–Crippen LogP) is 4.50. The Morgan fingerprint density at radius 2 is 1.49 bits per heavy atom. The van der Waals surface area contributed by atoms with Gasteiger partial charge in [0.25, 0.3) is 0 Å². The molecule has 0 heterocycles. The van der Waals surface area contributed by atoms with Gasteiger partial charge in [-0.1, -0.05) is 43.3 Å². The Bertz CT molecular complexity index is 1040. The van der Waals surface area contributed by atoms with Gasteiger partial charge in [0.2, 0.25) is 11.8 Å². The molecule has 0 aliphatic rings. The molecule has 0 saturated heterocycles. The first-order valence-corrected chi connectivity index (χ1v) is 12.8. The van der Waals surface area contributed by atoms with E-state index >= 15 is 0 Å². The minimum absolute atomic E-state index is 0.0999. The second-order valence-electron chi connectivity index (χ2n) is 10.4. The average Bonchev–Trinajstić information content (AvgIpc) is 2.81. The van der Waals surface area contributed by atoms with Crippen LogP contribution in [0, 0.1) is 0 Å². The van der Waals surface area contributed by atoms with Crippen LogP contribution in [0.2, 0.25) is 0 Å². The van der Waals surface area contributed by atoms with E-state index in [1.165, 1.54) is 17.0 Å². The first-order chi connectivity index (χ1) is 17.3. The highest BCUT2D eigenvalue weighted by Crippen LogP contribution is 2.24. The van der Waals surface area contributed by atoms with E-state index in [1.807, 2.05) is 38.1 Å². The SMILES string of the molecule is CCc1ccc(C(C(=O)NC(C)C)N(CC)C(=O)C(Cc2ccc(O)cc2)NC(=O)OC(C)(C)C)cc1. The number of likely N-dealkylation sites (N-methyl/N-ethyl adjacent to an activating group) is 1. The minimum atomic E-state index is -0.997. The van der Waals surface area contributed by atoms with Crippen LogP contribution in [0.15, 0.2) is 48.5 Å². The lowest BCUT2D eigenvalue weighted by Crippen LogP contribution is -2.54. The molecule has 2 rings (SSSR count). The number of hydrogen-bond donors (Lipinski definition) is 3. The molecule has 0 bridgehead atoms. The second-order valence-corrected chi connectivity index (χ2v) is 10.4. The summed E-state index contributed by atoms with van der Waals surface area (Å²) in [6.45, 7) is 13.1. The normalized spacial score (nSPS) is 13.0. The number of phenolic OH excluding ortho intramolecular Hbond substituents is 1. The quantitative estimate of drug-likeness (QED) is 0.435. The largest absolute Gasteiger partial charge is 0.508 e. The maximum atomic E-state index is 14.0. The van der Waals surface area contributed by atoms with Crippen LogP contribution >= 0.6 is 0 Å². The zero-order chi connectivity index (χ0) is 27.8. The third-order valence-corrected chi connectivity index (χ3v) is 5.68. The van der Waals surface area contributed by atoms with E-state index in [0.29, 0.717) is 5.56 Å². The third kappa shape index (κ3) is 9.12. The Kier molecular flexibility index (Phi) is 10.5. The number of alkyl carbamates (subject to hydrolysis) is 1. The lowest BCUT2D eigenvalue weighted by atomic mass is 9.99. The summed E-state index contributed by atoms with van der Waals surface area (Å²) in [6, 6.07) is 12.1. The number of aromatic hydroxyl groups is 1. The number of rotatable bonds is 10. The van der Waals surface area contributed by atoms with Crippen molar-refractivity contribution in [1.82, 2.24) is 15.5 Å². The third-order valence-electron chi connectivity index (χ3n) is 5.68. The molecular formula is C29H41N3O5. The number of amides is 3. The first kappa shape index (κ1) is 29.7. The molecule has 3 N–H and O–H groups in total. The number of hydrogen-bond acceptors (Lipinski definition) is 5. The van der Waals surface area contributed by atoms with E-state index in [0.717, 1.165) is 17.5 Å². The fourth-order valence-corrected chi connectivity index (χ4v) is 3.96. The summed E-state index contributed by atoms with van der Waals surface area (Å²) in [4.78, 5) is 41.6. The predicted molar refractivity (Wildman–Crippen MR) is 144 cm³/mol. The molecule has 8 nitrogen and oxygen atoms in total. The molecule has 0 saturated carbocycles. The zero-order valence-electron chi connectivity index (χ0n) is 23.0. The highest BCUT2D eigenvalue weighted by molar-refractivity contribution is 5.92. The summed E-state index contributed by atoms with van der Waals surface area (Å²) in [6.07, 6.45) is 0.284. The van der Waals surface area contributed by atoms with Crippen LogP contribution in [0.3, 0.4) is 0 Å². The topological polar surface area (TPSA) is 108 Å². The molecule has 202 valence electrons. The molecule has 0 radical (unpaired) electrons.